The van der Waals surface area contributed by atoms with Crippen LogP contribution in [0.25, 0.3) is 82.9 Å². The maximum Gasteiger partial charge on any atom is 0.0895 e. The Balaban J connectivity index is 1.03. The predicted octanol–water partition coefficient (Wildman–Crippen LogP) is 14.9. The average molecular weight is 807 g/mol. The first-order valence-corrected chi connectivity index (χ1v) is 21.8. The summed E-state index contributed by atoms with van der Waals surface area (Å²) in [5, 5.41) is 4.98. The zero-order valence-corrected chi connectivity index (χ0v) is 34.8. The highest BCUT2D eigenvalue weighted by molar-refractivity contribution is 6.13. The van der Waals surface area contributed by atoms with Crippen molar-refractivity contribution in [2.24, 2.45) is 10.9 Å². The van der Waals surface area contributed by atoms with Gasteiger partial charge in [-0.1, -0.05) is 165 Å². The van der Waals surface area contributed by atoms with Crippen LogP contribution >= 0.6 is 0 Å². The van der Waals surface area contributed by atoms with E-state index >= 15 is 0 Å². The van der Waals surface area contributed by atoms with Crippen molar-refractivity contribution >= 4 is 54.9 Å². The summed E-state index contributed by atoms with van der Waals surface area (Å²) in [6, 6.07) is 78.2. The minimum atomic E-state index is -0.155. The van der Waals surface area contributed by atoms with Crippen LogP contribution in [0.5, 0.6) is 0 Å². The van der Waals surface area contributed by atoms with Crippen molar-refractivity contribution in [3.8, 4) is 33.8 Å². The lowest BCUT2D eigenvalue weighted by Crippen LogP contribution is -2.19. The van der Waals surface area contributed by atoms with Gasteiger partial charge in [-0.25, -0.2) is 4.98 Å². The first-order valence-electron chi connectivity index (χ1n) is 21.8. The maximum atomic E-state index is 5.69. The van der Waals surface area contributed by atoms with Gasteiger partial charge in [0.05, 0.1) is 45.2 Å². The molecule has 0 spiro atoms. The molecule has 0 radical (unpaired) electrons. The summed E-state index contributed by atoms with van der Waals surface area (Å²) in [4.78, 5) is 11.2. The molecule has 2 atom stereocenters. The Morgan fingerprint density at radius 2 is 0.841 bits per heavy atom. The molecular weight excluding hydrogens is 765 g/mol. The topological polar surface area (TPSA) is 35.1 Å². The molecule has 4 nitrogen and oxygen atoms in total. The third-order valence-corrected chi connectivity index (χ3v) is 12.9. The Morgan fingerprint density at radius 1 is 0.381 bits per heavy atom. The molecule has 12 rings (SSSR count). The molecule has 1 aliphatic rings. The second kappa shape index (κ2) is 15.1. The number of nitrogens with zero attached hydrogens (tertiary/aromatic N) is 4. The number of pyridine rings is 1. The molecule has 1 aliphatic heterocycles. The number of aromatic nitrogens is 3. The Hall–Kier alpha value is -8.08. The summed E-state index contributed by atoms with van der Waals surface area (Å²) < 4.78 is 4.76. The van der Waals surface area contributed by atoms with E-state index in [0.717, 1.165) is 45.2 Å². The van der Waals surface area contributed by atoms with Gasteiger partial charge in [0.1, 0.15) is 0 Å². The quantitative estimate of drug-likeness (QED) is 0.158. The number of fused-ring (bicyclic) bond motifs is 6. The second-order valence-corrected chi connectivity index (χ2v) is 16.6. The molecule has 8 aromatic carbocycles. The highest BCUT2D eigenvalue weighted by atomic mass is 15.0. The van der Waals surface area contributed by atoms with Crippen molar-refractivity contribution in [3.63, 3.8) is 0 Å². The van der Waals surface area contributed by atoms with E-state index in [1.165, 1.54) is 60.3 Å². The molecule has 298 valence electrons. The predicted molar refractivity (Wildman–Crippen MR) is 263 cm³/mol. The fourth-order valence-corrected chi connectivity index (χ4v) is 9.89. The van der Waals surface area contributed by atoms with Gasteiger partial charge >= 0.3 is 0 Å². The SMILES string of the molecule is CC1C(c2ccccc2)=CC(c2cc(-c3ccccc3)cc(-c3cccc(-n4c5ccccc5c5ccccc54)c3)n2)=NC1c1cccc(-n2c3ccccc3c3ccccc32)c1. The third kappa shape index (κ3) is 6.30. The highest BCUT2D eigenvalue weighted by Gasteiger charge is 2.29. The van der Waals surface area contributed by atoms with Crippen molar-refractivity contribution in [1.82, 2.24) is 14.1 Å². The van der Waals surface area contributed by atoms with Crippen LogP contribution in [-0.2, 0) is 0 Å². The Bertz CT molecular complexity index is 3480. The number of hydrogen-bond donors (Lipinski definition) is 0. The zero-order valence-electron chi connectivity index (χ0n) is 34.8. The number of dihydropyridines is 1. The Morgan fingerprint density at radius 3 is 1.41 bits per heavy atom. The van der Waals surface area contributed by atoms with Crippen molar-refractivity contribution in [2.45, 2.75) is 13.0 Å². The van der Waals surface area contributed by atoms with Gasteiger partial charge in [0.2, 0.25) is 0 Å². The van der Waals surface area contributed by atoms with Gasteiger partial charge in [0, 0.05) is 44.4 Å². The van der Waals surface area contributed by atoms with E-state index in [0.29, 0.717) is 0 Å². The summed E-state index contributed by atoms with van der Waals surface area (Å²) in [6.07, 6.45) is 2.28. The van der Waals surface area contributed by atoms with E-state index in [9.17, 15) is 0 Å². The van der Waals surface area contributed by atoms with Gasteiger partial charge in [-0.3, -0.25) is 4.99 Å². The minimum absolute atomic E-state index is 0.101. The first-order chi connectivity index (χ1) is 31.2. The molecule has 3 aromatic heterocycles. The van der Waals surface area contributed by atoms with Gasteiger partial charge in [-0.15, -0.1) is 0 Å². The van der Waals surface area contributed by atoms with Gasteiger partial charge < -0.3 is 9.13 Å². The molecule has 0 N–H and O–H groups in total. The van der Waals surface area contributed by atoms with Crippen LogP contribution < -0.4 is 0 Å². The highest BCUT2D eigenvalue weighted by Crippen LogP contribution is 2.42. The van der Waals surface area contributed by atoms with Gasteiger partial charge in [-0.2, -0.15) is 0 Å². The number of aliphatic imine (C=N–C) groups is 1. The van der Waals surface area contributed by atoms with Crippen LogP contribution in [0, 0.1) is 5.92 Å². The summed E-state index contributed by atoms with van der Waals surface area (Å²) in [7, 11) is 0. The number of benzene rings is 8. The zero-order chi connectivity index (χ0) is 41.9. The molecule has 2 unspecified atom stereocenters. The van der Waals surface area contributed by atoms with E-state index in [1.54, 1.807) is 0 Å². The summed E-state index contributed by atoms with van der Waals surface area (Å²) >= 11 is 0. The lowest BCUT2D eigenvalue weighted by Gasteiger charge is -2.29. The van der Waals surface area contributed by atoms with Crippen molar-refractivity contribution < 1.29 is 0 Å². The normalized spacial score (nSPS) is 15.3. The first kappa shape index (κ1) is 36.7. The fraction of sp³-hybridized carbons (Fsp3) is 0.0508. The Kier molecular flexibility index (Phi) is 8.82. The monoisotopic (exact) mass is 806 g/mol. The van der Waals surface area contributed by atoms with Crippen LogP contribution in [0.4, 0.5) is 0 Å². The van der Waals surface area contributed by atoms with E-state index in [2.05, 4.69) is 241 Å². The summed E-state index contributed by atoms with van der Waals surface area (Å²) in [5.41, 5.74) is 16.5. The minimum Gasteiger partial charge on any atom is -0.309 e. The van der Waals surface area contributed by atoms with Crippen LogP contribution in [-0.4, -0.2) is 19.8 Å². The molecule has 63 heavy (non-hydrogen) atoms. The van der Waals surface area contributed by atoms with Crippen LogP contribution in [0.3, 0.4) is 0 Å². The van der Waals surface area contributed by atoms with Crippen molar-refractivity contribution in [3.05, 3.63) is 241 Å². The van der Waals surface area contributed by atoms with E-state index in [-0.39, 0.29) is 12.0 Å². The Labute approximate surface area is 366 Å². The van der Waals surface area contributed by atoms with Gasteiger partial charge in [0.15, 0.2) is 0 Å². The lowest BCUT2D eigenvalue weighted by atomic mass is 9.81. The third-order valence-electron chi connectivity index (χ3n) is 12.9. The molecular formula is C59H42N4. The molecule has 0 amide bonds. The van der Waals surface area contributed by atoms with E-state index < -0.39 is 0 Å². The number of hydrogen-bond acceptors (Lipinski definition) is 2. The standard InChI is InChI=1S/C59H42N4/c1-39-51(41-20-6-3-7-21-41)38-54(61-59(39)43-23-17-25-46(35-43)63-57-32-14-10-28-49(57)50-29-11-15-33-58(50)63)53-37-44(40-18-4-2-5-19-40)36-52(60-53)42-22-16-24-45(34-42)62-55-30-12-8-26-47(55)48-27-9-13-31-56(48)62/h2-39,59H,1H3. The van der Waals surface area contributed by atoms with Crippen LogP contribution in [0.1, 0.15) is 29.8 Å². The number of allylic oxidation sites excluding steroid dienone is 1. The second-order valence-electron chi connectivity index (χ2n) is 16.6. The largest absolute Gasteiger partial charge is 0.309 e. The van der Waals surface area contributed by atoms with Crippen LogP contribution in [0.2, 0.25) is 0 Å². The lowest BCUT2D eigenvalue weighted by molar-refractivity contribution is 0.579. The van der Waals surface area contributed by atoms with Crippen molar-refractivity contribution in [1.29, 1.82) is 0 Å². The van der Waals surface area contributed by atoms with Crippen molar-refractivity contribution in [2.75, 3.05) is 0 Å². The van der Waals surface area contributed by atoms with E-state index in [4.69, 9.17) is 9.98 Å². The van der Waals surface area contributed by atoms with Crippen LogP contribution in [0.15, 0.2) is 229 Å². The fourth-order valence-electron chi connectivity index (χ4n) is 9.89. The molecule has 0 saturated carbocycles. The molecule has 4 heterocycles. The molecule has 0 bridgehead atoms. The maximum absolute atomic E-state index is 5.69. The molecule has 11 aromatic rings. The molecule has 0 saturated heterocycles. The number of rotatable bonds is 7. The molecule has 0 aliphatic carbocycles. The molecule has 4 heteroatoms. The molecule has 0 fully saturated rings. The number of para-hydroxylation sites is 4. The average Bonchev–Trinajstić information content (AvgIpc) is 3.88. The summed E-state index contributed by atoms with van der Waals surface area (Å²) in [6.45, 7) is 2.32. The summed E-state index contributed by atoms with van der Waals surface area (Å²) in [5.74, 6) is 0.101. The van der Waals surface area contributed by atoms with Gasteiger partial charge in [0.25, 0.3) is 0 Å². The van der Waals surface area contributed by atoms with E-state index in [1.807, 2.05) is 0 Å². The smallest absolute Gasteiger partial charge is 0.0895 e. The van der Waals surface area contributed by atoms with Gasteiger partial charge in [-0.05, 0) is 94.6 Å².